The van der Waals surface area contributed by atoms with Crippen molar-refractivity contribution < 1.29 is 9.53 Å². The second-order valence-electron chi connectivity index (χ2n) is 4.25. The summed E-state index contributed by atoms with van der Waals surface area (Å²) in [4.78, 5) is 12.7. The van der Waals surface area contributed by atoms with Crippen molar-refractivity contribution in [2.75, 3.05) is 12.3 Å². The Labute approximate surface area is 123 Å². The number of para-hydroxylation sites is 1. The van der Waals surface area contributed by atoms with Crippen LogP contribution in [0.2, 0.25) is 0 Å². The number of anilines is 1. The fourth-order valence-corrected chi connectivity index (χ4v) is 2.69. The maximum atomic E-state index is 11.7. The first-order valence-electron chi connectivity index (χ1n) is 6.44. The molecule has 2 rings (SSSR count). The molecule has 0 aliphatic rings. The normalized spacial score (nSPS) is 10.2. The summed E-state index contributed by atoms with van der Waals surface area (Å²) in [5.41, 5.74) is 8.35. The van der Waals surface area contributed by atoms with Gasteiger partial charge in [0.15, 0.2) is 0 Å². The van der Waals surface area contributed by atoms with Crippen LogP contribution in [0.4, 0.5) is 5.69 Å². The molecule has 0 amide bonds. The van der Waals surface area contributed by atoms with Crippen molar-refractivity contribution in [1.29, 1.82) is 0 Å². The Morgan fingerprint density at radius 2 is 2.00 bits per heavy atom. The molecule has 0 fully saturated rings. The van der Waals surface area contributed by atoms with E-state index in [2.05, 4.69) is 0 Å². The lowest BCUT2D eigenvalue weighted by atomic mass is 10.1. The van der Waals surface area contributed by atoms with E-state index < -0.39 is 0 Å². The quantitative estimate of drug-likeness (QED) is 0.517. The first-order chi connectivity index (χ1) is 9.70. The third-order valence-corrected chi connectivity index (χ3v) is 3.91. The molecule has 0 aliphatic carbocycles. The minimum Gasteiger partial charge on any atom is -0.462 e. The molecule has 0 spiro atoms. The van der Waals surface area contributed by atoms with Gasteiger partial charge in [0.1, 0.15) is 0 Å². The van der Waals surface area contributed by atoms with E-state index in [4.69, 9.17) is 10.5 Å². The van der Waals surface area contributed by atoms with Gasteiger partial charge < -0.3 is 10.5 Å². The fraction of sp³-hybridized carbons (Fsp3) is 0.188. The van der Waals surface area contributed by atoms with Crippen LogP contribution in [0.5, 0.6) is 0 Å². The predicted octanol–water partition coefficient (Wildman–Crippen LogP) is 3.74. The molecule has 0 radical (unpaired) electrons. The maximum absolute atomic E-state index is 11.7. The van der Waals surface area contributed by atoms with Crippen LogP contribution in [0, 0.1) is 0 Å². The number of carbonyl (C=O) groups excluding carboxylic acids is 1. The Kier molecular flexibility index (Phi) is 5.07. The summed E-state index contributed by atoms with van der Waals surface area (Å²) in [6.07, 6.45) is 0. The number of nitrogens with two attached hydrogens (primary N) is 1. The summed E-state index contributed by atoms with van der Waals surface area (Å²) in [6, 6.07) is 15.3. The minimum absolute atomic E-state index is 0.279. The van der Waals surface area contributed by atoms with Crippen molar-refractivity contribution in [3.63, 3.8) is 0 Å². The van der Waals surface area contributed by atoms with Crippen LogP contribution in [0.1, 0.15) is 22.8 Å². The van der Waals surface area contributed by atoms with Crippen molar-refractivity contribution in [1.82, 2.24) is 0 Å². The standard InChI is InChI=1S/C16H17NO2S/c1-2-19-16(18)13-7-5-6-12(10-13)11-20-15-9-4-3-8-14(15)17/h3-10H,2,11,17H2,1H3. The van der Waals surface area contributed by atoms with Crippen LogP contribution >= 0.6 is 11.8 Å². The van der Waals surface area contributed by atoms with Gasteiger partial charge in [-0.25, -0.2) is 4.79 Å². The average Bonchev–Trinajstić information content (AvgIpc) is 2.47. The average molecular weight is 287 g/mol. The van der Waals surface area contributed by atoms with Gasteiger partial charge in [-0.05, 0) is 36.8 Å². The van der Waals surface area contributed by atoms with Crippen LogP contribution in [0.25, 0.3) is 0 Å². The monoisotopic (exact) mass is 287 g/mol. The molecule has 2 N–H and O–H groups in total. The van der Waals surface area contributed by atoms with Crippen molar-refractivity contribution in [3.05, 3.63) is 59.7 Å². The number of benzene rings is 2. The SMILES string of the molecule is CCOC(=O)c1cccc(CSc2ccccc2N)c1. The Morgan fingerprint density at radius 3 is 2.75 bits per heavy atom. The third-order valence-electron chi connectivity index (χ3n) is 2.75. The van der Waals surface area contributed by atoms with Crippen LogP contribution in [0.3, 0.4) is 0 Å². The highest BCUT2D eigenvalue weighted by Gasteiger charge is 2.07. The van der Waals surface area contributed by atoms with Gasteiger partial charge in [0.05, 0.1) is 12.2 Å². The van der Waals surface area contributed by atoms with E-state index in [9.17, 15) is 4.79 Å². The van der Waals surface area contributed by atoms with E-state index in [1.165, 1.54) is 0 Å². The zero-order chi connectivity index (χ0) is 14.4. The first-order valence-corrected chi connectivity index (χ1v) is 7.42. The van der Waals surface area contributed by atoms with Crippen molar-refractivity contribution >= 4 is 23.4 Å². The summed E-state index contributed by atoms with van der Waals surface area (Å²) in [6.45, 7) is 2.19. The van der Waals surface area contributed by atoms with Gasteiger partial charge >= 0.3 is 5.97 Å². The van der Waals surface area contributed by atoms with Crippen LogP contribution in [-0.4, -0.2) is 12.6 Å². The molecule has 3 nitrogen and oxygen atoms in total. The molecule has 0 aliphatic heterocycles. The van der Waals surface area contributed by atoms with Gasteiger partial charge in [0, 0.05) is 16.3 Å². The van der Waals surface area contributed by atoms with Gasteiger partial charge in [-0.15, -0.1) is 11.8 Å². The van der Waals surface area contributed by atoms with E-state index in [1.54, 1.807) is 24.8 Å². The number of hydrogen-bond donors (Lipinski definition) is 1. The molecule has 2 aromatic rings. The number of thioether (sulfide) groups is 1. The minimum atomic E-state index is -0.279. The van der Waals surface area contributed by atoms with E-state index in [1.807, 2.05) is 42.5 Å². The fourth-order valence-electron chi connectivity index (χ4n) is 1.78. The first kappa shape index (κ1) is 14.5. The smallest absolute Gasteiger partial charge is 0.338 e. The summed E-state index contributed by atoms with van der Waals surface area (Å²) in [5, 5.41) is 0. The van der Waals surface area contributed by atoms with Gasteiger partial charge in [-0.2, -0.15) is 0 Å². The molecule has 4 heteroatoms. The molecule has 0 aromatic heterocycles. The van der Waals surface area contributed by atoms with Crippen molar-refractivity contribution in [2.45, 2.75) is 17.6 Å². The zero-order valence-corrected chi connectivity index (χ0v) is 12.2. The highest BCUT2D eigenvalue weighted by molar-refractivity contribution is 7.98. The van der Waals surface area contributed by atoms with Crippen LogP contribution in [-0.2, 0) is 10.5 Å². The lowest BCUT2D eigenvalue weighted by molar-refractivity contribution is 0.0526. The van der Waals surface area contributed by atoms with E-state index in [-0.39, 0.29) is 5.97 Å². The second-order valence-corrected chi connectivity index (χ2v) is 5.26. The molecule has 0 saturated heterocycles. The number of carbonyl (C=O) groups is 1. The topological polar surface area (TPSA) is 52.3 Å². The molecule has 0 unspecified atom stereocenters. The van der Waals surface area contributed by atoms with Gasteiger partial charge in [-0.3, -0.25) is 0 Å². The number of rotatable bonds is 5. The third kappa shape index (κ3) is 3.78. The summed E-state index contributed by atoms with van der Waals surface area (Å²) < 4.78 is 5.00. The Bertz CT molecular complexity index is 599. The Hall–Kier alpha value is -1.94. The Morgan fingerprint density at radius 1 is 1.20 bits per heavy atom. The largest absolute Gasteiger partial charge is 0.462 e. The molecular formula is C16H17NO2S. The zero-order valence-electron chi connectivity index (χ0n) is 11.3. The molecule has 2 aromatic carbocycles. The Balaban J connectivity index is 2.05. The summed E-state index contributed by atoms with van der Waals surface area (Å²) in [7, 11) is 0. The van der Waals surface area contributed by atoms with Crippen molar-refractivity contribution in [2.24, 2.45) is 0 Å². The number of esters is 1. The lowest BCUT2D eigenvalue weighted by Gasteiger charge is -2.07. The van der Waals surface area contributed by atoms with Crippen molar-refractivity contribution in [3.8, 4) is 0 Å². The summed E-state index contributed by atoms with van der Waals surface area (Å²) in [5.74, 6) is 0.486. The molecule has 0 atom stereocenters. The molecule has 0 saturated carbocycles. The van der Waals surface area contributed by atoms with Gasteiger partial charge in [0.2, 0.25) is 0 Å². The molecule has 0 heterocycles. The number of ether oxygens (including phenoxy) is 1. The van der Waals surface area contributed by atoms with Crippen LogP contribution < -0.4 is 5.73 Å². The van der Waals surface area contributed by atoms with Gasteiger partial charge in [-0.1, -0.05) is 24.3 Å². The van der Waals surface area contributed by atoms with Crippen LogP contribution in [0.15, 0.2) is 53.4 Å². The predicted molar refractivity (Wildman–Crippen MR) is 82.8 cm³/mol. The number of hydrogen-bond acceptors (Lipinski definition) is 4. The van der Waals surface area contributed by atoms with Gasteiger partial charge in [0.25, 0.3) is 0 Å². The van der Waals surface area contributed by atoms with E-state index in [0.717, 1.165) is 21.9 Å². The molecule has 0 bridgehead atoms. The lowest BCUT2D eigenvalue weighted by Crippen LogP contribution is -2.04. The number of nitrogen functional groups attached to an aromatic ring is 1. The second kappa shape index (κ2) is 7.01. The molecule has 104 valence electrons. The van der Waals surface area contributed by atoms with E-state index in [0.29, 0.717) is 12.2 Å². The highest BCUT2D eigenvalue weighted by Crippen LogP contribution is 2.27. The van der Waals surface area contributed by atoms with E-state index >= 15 is 0 Å². The maximum Gasteiger partial charge on any atom is 0.338 e. The molecule has 20 heavy (non-hydrogen) atoms. The highest BCUT2D eigenvalue weighted by atomic mass is 32.2. The summed E-state index contributed by atoms with van der Waals surface area (Å²) >= 11 is 1.66. The molecular weight excluding hydrogens is 270 g/mol.